The van der Waals surface area contributed by atoms with Crippen molar-refractivity contribution >= 4 is 75.1 Å². The van der Waals surface area contributed by atoms with Crippen LogP contribution in [0.15, 0.2) is 18.7 Å². The first-order valence-electron chi connectivity index (χ1n) is 6.79. The zero-order chi connectivity index (χ0) is 19.7. The second-order valence-corrected chi connectivity index (χ2v) is 6.90. The second-order valence-electron chi connectivity index (χ2n) is 4.26. The van der Waals surface area contributed by atoms with E-state index in [9.17, 15) is 0 Å². The lowest BCUT2D eigenvalue weighted by molar-refractivity contribution is 0.272. The number of ether oxygens (including phenoxy) is 1. The van der Waals surface area contributed by atoms with E-state index in [2.05, 4.69) is 9.97 Å². The molecule has 2 aromatic heterocycles. The van der Waals surface area contributed by atoms with Gasteiger partial charge in [-0.1, -0.05) is 46.4 Å². The molecule has 134 valence electrons. The van der Waals surface area contributed by atoms with Gasteiger partial charge in [0, 0.05) is 18.0 Å². The van der Waals surface area contributed by atoms with Gasteiger partial charge in [-0.2, -0.15) is 10.5 Å². The molecule has 0 fully saturated rings. The van der Waals surface area contributed by atoms with Crippen LogP contribution in [0, 0.1) is 26.2 Å². The summed E-state index contributed by atoms with van der Waals surface area (Å²) in [5.41, 5.74) is 1.02. The van der Waals surface area contributed by atoms with E-state index in [0.717, 1.165) is 3.57 Å². The van der Waals surface area contributed by atoms with Crippen molar-refractivity contribution in [1.29, 1.82) is 10.5 Å². The van der Waals surface area contributed by atoms with Crippen molar-refractivity contribution in [3.05, 3.63) is 59.3 Å². The Balaban J connectivity index is 0.000000273. The van der Waals surface area contributed by atoms with Crippen LogP contribution in [0.1, 0.15) is 23.6 Å². The summed E-state index contributed by atoms with van der Waals surface area (Å²) in [7, 11) is 0. The molecule has 0 unspecified atom stereocenters. The summed E-state index contributed by atoms with van der Waals surface area (Å²) < 4.78 is 5.74. The van der Waals surface area contributed by atoms with E-state index in [1.165, 1.54) is 18.7 Å². The van der Waals surface area contributed by atoms with Gasteiger partial charge in [0.1, 0.15) is 33.6 Å². The highest BCUT2D eigenvalue weighted by Crippen LogP contribution is 2.26. The molecule has 0 spiro atoms. The zero-order valence-electron chi connectivity index (χ0n) is 13.1. The average molecular weight is 542 g/mol. The maximum absolute atomic E-state index is 8.78. The molecule has 2 rings (SSSR count). The minimum Gasteiger partial charge on any atom is -0.501 e. The lowest BCUT2D eigenvalue weighted by Crippen LogP contribution is -1.88. The Labute approximate surface area is 184 Å². The average Bonchev–Trinajstić information content (AvgIpc) is 2.62. The summed E-state index contributed by atoms with van der Waals surface area (Å²) in [6.07, 6.45) is 6.14. The molecule has 5 nitrogen and oxygen atoms in total. The fraction of sp³-hybridized carbons (Fsp3) is 0.125. The van der Waals surface area contributed by atoms with Crippen molar-refractivity contribution in [2.45, 2.75) is 6.92 Å². The summed E-state index contributed by atoms with van der Waals surface area (Å²) in [4.78, 5) is 7.60. The highest BCUT2D eigenvalue weighted by Gasteiger charge is 2.10. The van der Waals surface area contributed by atoms with E-state index in [4.69, 9.17) is 61.7 Å². The fourth-order valence-electron chi connectivity index (χ4n) is 1.45. The van der Waals surface area contributed by atoms with Crippen LogP contribution >= 0.6 is 69.0 Å². The maximum Gasteiger partial charge on any atom is 0.148 e. The first kappa shape index (κ1) is 22.8. The molecule has 0 aliphatic rings. The number of hydrogen-bond donors (Lipinski definition) is 0. The summed E-state index contributed by atoms with van der Waals surface area (Å²) in [5, 5.41) is 18.3. The molecule has 2 aromatic rings. The Kier molecular flexibility index (Phi) is 10.0. The number of nitriles is 2. The molecule has 0 atom stereocenters. The predicted molar refractivity (Wildman–Crippen MR) is 111 cm³/mol. The summed E-state index contributed by atoms with van der Waals surface area (Å²) in [5.74, 6) is 0. The Hall–Kier alpha value is -1.29. The van der Waals surface area contributed by atoms with Crippen molar-refractivity contribution in [1.82, 2.24) is 9.97 Å². The zero-order valence-corrected chi connectivity index (χ0v) is 18.3. The predicted octanol–water partition coefficient (Wildman–Crippen LogP) is 6.13. The van der Waals surface area contributed by atoms with Gasteiger partial charge in [0.05, 0.1) is 26.5 Å². The molecule has 0 saturated heterocycles. The lowest BCUT2D eigenvalue weighted by atomic mass is 10.2. The van der Waals surface area contributed by atoms with Gasteiger partial charge in [-0.3, -0.25) is 0 Å². The van der Waals surface area contributed by atoms with Crippen molar-refractivity contribution in [2.75, 3.05) is 6.61 Å². The number of aromatic nitrogens is 2. The molecule has 26 heavy (non-hydrogen) atoms. The topological polar surface area (TPSA) is 82.6 Å². The molecule has 0 aromatic carbocycles. The SMILES string of the molecule is CCO/C=C\c1cnc(Cl)c(C#N)c1Cl.N#Cc1c(Cl)ncc(I)c1Cl. The van der Waals surface area contributed by atoms with Crippen LogP contribution in [-0.4, -0.2) is 16.6 Å². The molecule has 0 radical (unpaired) electrons. The number of pyridine rings is 2. The third-order valence-electron chi connectivity index (χ3n) is 2.66. The van der Waals surface area contributed by atoms with E-state index in [-0.39, 0.29) is 26.5 Å². The molecule has 2 heterocycles. The van der Waals surface area contributed by atoms with Gasteiger partial charge >= 0.3 is 0 Å². The van der Waals surface area contributed by atoms with Crippen LogP contribution in [0.5, 0.6) is 0 Å². The fourth-order valence-corrected chi connectivity index (χ4v) is 2.75. The van der Waals surface area contributed by atoms with E-state index in [1.54, 1.807) is 6.08 Å². The van der Waals surface area contributed by atoms with Crippen LogP contribution in [0.4, 0.5) is 0 Å². The molecule has 0 N–H and O–H groups in total. The highest BCUT2D eigenvalue weighted by molar-refractivity contribution is 14.1. The number of rotatable bonds is 3. The molecule has 0 amide bonds. The summed E-state index contributed by atoms with van der Waals surface area (Å²) in [6, 6.07) is 3.77. The van der Waals surface area contributed by atoms with Crippen molar-refractivity contribution in [3.8, 4) is 12.1 Å². The second kappa shape index (κ2) is 11.4. The third-order valence-corrected chi connectivity index (χ3v) is 5.17. The van der Waals surface area contributed by atoms with Crippen molar-refractivity contribution in [3.63, 3.8) is 0 Å². The van der Waals surface area contributed by atoms with E-state index >= 15 is 0 Å². The minimum absolute atomic E-state index is 0.107. The molecule has 0 aliphatic carbocycles. The van der Waals surface area contributed by atoms with E-state index < -0.39 is 0 Å². The van der Waals surface area contributed by atoms with Gasteiger partial charge in [0.2, 0.25) is 0 Å². The van der Waals surface area contributed by atoms with Crippen molar-refractivity contribution < 1.29 is 4.74 Å². The third kappa shape index (κ3) is 6.15. The van der Waals surface area contributed by atoms with Crippen LogP contribution in [0.2, 0.25) is 20.4 Å². The standard InChI is InChI=1S/C10H8Cl2N2O.C6HCl2IN2/c1-2-15-4-3-7-6-14-10(12)8(5-13)9(7)11;7-5-3(1-10)6(8)11-2-4(5)9/h3-4,6H,2H2,1H3;2H/b4-3-;. The largest absolute Gasteiger partial charge is 0.501 e. The van der Waals surface area contributed by atoms with Gasteiger partial charge in [-0.25, -0.2) is 9.97 Å². The minimum atomic E-state index is 0.107. The van der Waals surface area contributed by atoms with Crippen LogP contribution in [0.25, 0.3) is 6.08 Å². The van der Waals surface area contributed by atoms with E-state index in [0.29, 0.717) is 17.2 Å². The van der Waals surface area contributed by atoms with Gasteiger partial charge in [-0.15, -0.1) is 0 Å². The van der Waals surface area contributed by atoms with E-state index in [1.807, 2.05) is 41.7 Å². The summed E-state index contributed by atoms with van der Waals surface area (Å²) >= 11 is 24.9. The first-order chi connectivity index (χ1) is 12.4. The number of hydrogen-bond acceptors (Lipinski definition) is 5. The lowest BCUT2D eigenvalue weighted by Gasteiger charge is -2.01. The Bertz CT molecular complexity index is 907. The number of nitrogens with zero attached hydrogens (tertiary/aromatic N) is 4. The number of halogens is 5. The van der Waals surface area contributed by atoms with Crippen molar-refractivity contribution in [2.24, 2.45) is 0 Å². The Morgan fingerprint density at radius 1 is 1.04 bits per heavy atom. The molecule has 10 heteroatoms. The van der Waals surface area contributed by atoms with Crippen LogP contribution in [0.3, 0.4) is 0 Å². The Morgan fingerprint density at radius 2 is 1.58 bits per heavy atom. The highest BCUT2D eigenvalue weighted by atomic mass is 127. The van der Waals surface area contributed by atoms with Crippen LogP contribution < -0.4 is 0 Å². The van der Waals surface area contributed by atoms with Gasteiger partial charge in [0.15, 0.2) is 0 Å². The quantitative estimate of drug-likeness (QED) is 0.265. The molecular formula is C16H9Cl4IN4O. The van der Waals surface area contributed by atoms with Gasteiger partial charge < -0.3 is 4.74 Å². The monoisotopic (exact) mass is 540 g/mol. The van der Waals surface area contributed by atoms with Crippen LogP contribution in [-0.2, 0) is 4.74 Å². The molecule has 0 aliphatic heterocycles. The normalized spacial score (nSPS) is 9.85. The summed E-state index contributed by atoms with van der Waals surface area (Å²) in [6.45, 7) is 2.44. The van der Waals surface area contributed by atoms with Gasteiger partial charge in [0.25, 0.3) is 0 Å². The molecular weight excluding hydrogens is 533 g/mol. The van der Waals surface area contributed by atoms with Gasteiger partial charge in [-0.05, 0) is 35.6 Å². The first-order valence-corrected chi connectivity index (χ1v) is 9.38. The maximum atomic E-state index is 8.78. The molecule has 0 bridgehead atoms. The Morgan fingerprint density at radius 3 is 2.08 bits per heavy atom. The smallest absolute Gasteiger partial charge is 0.148 e. The molecule has 0 saturated carbocycles.